The molecule has 0 spiro atoms. The van der Waals surface area contributed by atoms with Crippen LogP contribution in [0.15, 0.2) is 58.8 Å². The lowest BCUT2D eigenvalue weighted by molar-refractivity contribution is -0.125. The molecule has 0 unspecified atom stereocenters. The Morgan fingerprint density at radius 1 is 1.29 bits per heavy atom. The fraction of sp³-hybridized carbons (Fsp3) is 0.280. The minimum absolute atomic E-state index is 0.00798. The van der Waals surface area contributed by atoms with Crippen molar-refractivity contribution in [2.45, 2.75) is 19.4 Å². The molecule has 3 aromatic heterocycles. The number of ether oxygens (including phenoxy) is 1. The lowest BCUT2D eigenvalue weighted by Crippen LogP contribution is -2.44. The summed E-state index contributed by atoms with van der Waals surface area (Å²) in [6, 6.07) is 13.4. The number of hydrogen-bond acceptors (Lipinski definition) is 7. The van der Waals surface area contributed by atoms with Crippen LogP contribution in [-0.2, 0) is 11.3 Å². The third-order valence-corrected chi connectivity index (χ3v) is 7.02. The van der Waals surface area contributed by atoms with Gasteiger partial charge in [0, 0.05) is 30.2 Å². The lowest BCUT2D eigenvalue weighted by atomic mass is 9.97. The Kier molecular flexibility index (Phi) is 6.27. The number of methoxy groups -OCH3 is 1. The zero-order valence-corrected chi connectivity index (χ0v) is 19.6. The van der Waals surface area contributed by atoms with Gasteiger partial charge in [-0.25, -0.2) is 4.98 Å². The summed E-state index contributed by atoms with van der Waals surface area (Å²) in [5.41, 5.74) is 3.16. The van der Waals surface area contributed by atoms with Gasteiger partial charge in [0.1, 0.15) is 10.4 Å². The molecule has 4 aromatic rings. The molecule has 0 bridgehead atoms. The number of benzene rings is 1. The van der Waals surface area contributed by atoms with Crippen LogP contribution in [0, 0.1) is 5.92 Å². The molecule has 0 aliphatic carbocycles. The fourth-order valence-electron chi connectivity index (χ4n) is 4.27. The van der Waals surface area contributed by atoms with Gasteiger partial charge in [0.05, 0.1) is 30.8 Å². The Hall–Kier alpha value is -3.72. The molecule has 0 saturated carbocycles. The van der Waals surface area contributed by atoms with Crippen LogP contribution < -0.4 is 20.5 Å². The molecule has 1 aliphatic heterocycles. The van der Waals surface area contributed by atoms with Crippen LogP contribution in [-0.4, -0.2) is 41.1 Å². The van der Waals surface area contributed by atoms with Crippen LogP contribution in [0.25, 0.3) is 21.3 Å². The van der Waals surface area contributed by atoms with Gasteiger partial charge in [-0.15, -0.1) is 11.3 Å². The van der Waals surface area contributed by atoms with Crippen LogP contribution in [0.1, 0.15) is 18.5 Å². The maximum absolute atomic E-state index is 12.9. The topological polar surface area (TPSA) is 100 Å². The zero-order chi connectivity index (χ0) is 23.5. The van der Waals surface area contributed by atoms with Gasteiger partial charge in [0.25, 0.3) is 5.56 Å². The van der Waals surface area contributed by atoms with E-state index in [9.17, 15) is 9.59 Å². The minimum Gasteiger partial charge on any atom is -0.497 e. The van der Waals surface area contributed by atoms with E-state index in [-0.39, 0.29) is 17.4 Å². The predicted molar refractivity (Wildman–Crippen MR) is 133 cm³/mol. The second-order valence-corrected chi connectivity index (χ2v) is 9.15. The van der Waals surface area contributed by atoms with Gasteiger partial charge in [0.15, 0.2) is 0 Å². The summed E-state index contributed by atoms with van der Waals surface area (Å²) in [7, 11) is 1.63. The molecule has 8 nitrogen and oxygen atoms in total. The van der Waals surface area contributed by atoms with Gasteiger partial charge in [-0.1, -0.05) is 18.2 Å². The number of H-pyrrole nitrogens is 1. The van der Waals surface area contributed by atoms with Crippen molar-refractivity contribution in [2.24, 2.45) is 5.92 Å². The van der Waals surface area contributed by atoms with Gasteiger partial charge in [-0.2, -0.15) is 0 Å². The van der Waals surface area contributed by atoms with Crippen LogP contribution in [0.3, 0.4) is 0 Å². The Bertz CT molecular complexity index is 1370. The summed E-state index contributed by atoms with van der Waals surface area (Å²) in [4.78, 5) is 39.7. The molecule has 174 valence electrons. The number of piperidine rings is 1. The summed E-state index contributed by atoms with van der Waals surface area (Å²) in [5, 5.41) is 4.94. The monoisotopic (exact) mass is 475 g/mol. The highest BCUT2D eigenvalue weighted by atomic mass is 32.1. The van der Waals surface area contributed by atoms with Gasteiger partial charge in [-0.3, -0.25) is 19.6 Å². The average Bonchev–Trinajstić information content (AvgIpc) is 3.33. The SMILES string of the molecule is COc1cccc(-c2csc3c(=O)[nH]c(N4CCC[C@H](C(=O)NCc5ccccn5)C4)nc23)c1. The molecule has 34 heavy (non-hydrogen) atoms. The van der Waals surface area contributed by atoms with E-state index in [2.05, 4.69) is 15.3 Å². The molecule has 9 heteroatoms. The van der Waals surface area contributed by atoms with Crippen molar-refractivity contribution < 1.29 is 9.53 Å². The van der Waals surface area contributed by atoms with Crippen molar-refractivity contribution in [1.29, 1.82) is 0 Å². The average molecular weight is 476 g/mol. The van der Waals surface area contributed by atoms with Crippen LogP contribution in [0.4, 0.5) is 5.95 Å². The quantitative estimate of drug-likeness (QED) is 0.442. The molecule has 1 saturated heterocycles. The molecule has 1 atom stereocenters. The second kappa shape index (κ2) is 9.64. The number of nitrogens with zero attached hydrogens (tertiary/aromatic N) is 3. The van der Waals surface area contributed by atoms with Gasteiger partial charge in [0.2, 0.25) is 11.9 Å². The number of nitrogens with one attached hydrogen (secondary N) is 2. The molecule has 4 heterocycles. The van der Waals surface area contributed by atoms with Gasteiger partial charge in [-0.05, 0) is 42.7 Å². The number of aromatic nitrogens is 3. The normalized spacial score (nSPS) is 15.9. The van der Waals surface area contributed by atoms with Crippen molar-refractivity contribution in [3.8, 4) is 16.9 Å². The smallest absolute Gasteiger partial charge is 0.270 e. The Morgan fingerprint density at radius 2 is 2.21 bits per heavy atom. The summed E-state index contributed by atoms with van der Waals surface area (Å²) >= 11 is 1.38. The van der Waals surface area contributed by atoms with Gasteiger partial charge < -0.3 is 15.0 Å². The molecular weight excluding hydrogens is 450 g/mol. The minimum atomic E-state index is -0.182. The molecule has 1 aliphatic rings. The first-order valence-corrected chi connectivity index (χ1v) is 12.1. The molecule has 1 fully saturated rings. The van der Waals surface area contributed by atoms with E-state index < -0.39 is 0 Å². The first-order valence-electron chi connectivity index (χ1n) is 11.2. The van der Waals surface area contributed by atoms with E-state index in [0.717, 1.165) is 42.0 Å². The lowest BCUT2D eigenvalue weighted by Gasteiger charge is -2.32. The third kappa shape index (κ3) is 4.51. The first-order chi connectivity index (χ1) is 16.6. The highest BCUT2D eigenvalue weighted by Crippen LogP contribution is 2.33. The van der Waals surface area contributed by atoms with Crippen LogP contribution in [0.5, 0.6) is 5.75 Å². The first kappa shape index (κ1) is 22.1. The number of aromatic amines is 1. The zero-order valence-electron chi connectivity index (χ0n) is 18.8. The highest BCUT2D eigenvalue weighted by molar-refractivity contribution is 7.17. The molecular formula is C25H25N5O3S. The van der Waals surface area contributed by atoms with Crippen LogP contribution >= 0.6 is 11.3 Å². The molecule has 5 rings (SSSR count). The second-order valence-electron chi connectivity index (χ2n) is 8.27. The maximum atomic E-state index is 12.9. The summed E-state index contributed by atoms with van der Waals surface area (Å²) < 4.78 is 5.94. The number of pyridine rings is 1. The third-order valence-electron chi connectivity index (χ3n) is 6.06. The Morgan fingerprint density at radius 3 is 3.03 bits per heavy atom. The molecule has 2 N–H and O–H groups in total. The maximum Gasteiger partial charge on any atom is 0.270 e. The van der Waals surface area contributed by atoms with E-state index in [1.54, 1.807) is 13.3 Å². The number of anilines is 1. The standard InChI is InChI=1S/C25H25N5O3S/c1-33-19-9-4-6-16(12-19)20-15-34-22-21(20)28-25(29-24(22)32)30-11-5-7-17(14-30)23(31)27-13-18-8-2-3-10-26-18/h2-4,6,8-10,12,15,17H,5,7,11,13-14H2,1H3,(H,27,31)(H,28,29,32)/t17-/m0/s1. The number of amides is 1. The van der Waals surface area contributed by atoms with E-state index in [4.69, 9.17) is 9.72 Å². The summed E-state index contributed by atoms with van der Waals surface area (Å²) in [5.74, 6) is 1.06. The number of rotatable bonds is 6. The van der Waals surface area contributed by atoms with Crippen molar-refractivity contribution in [2.75, 3.05) is 25.1 Å². The van der Waals surface area contributed by atoms with Crippen LogP contribution in [0.2, 0.25) is 0 Å². The van der Waals surface area contributed by atoms with Gasteiger partial charge >= 0.3 is 0 Å². The molecule has 0 radical (unpaired) electrons. The fourth-order valence-corrected chi connectivity index (χ4v) is 5.18. The van der Waals surface area contributed by atoms with Crippen molar-refractivity contribution >= 4 is 33.4 Å². The summed E-state index contributed by atoms with van der Waals surface area (Å²) in [6.45, 7) is 1.63. The van der Waals surface area contributed by atoms with E-state index in [0.29, 0.717) is 29.3 Å². The summed E-state index contributed by atoms with van der Waals surface area (Å²) in [6.07, 6.45) is 3.35. The highest BCUT2D eigenvalue weighted by Gasteiger charge is 2.27. The number of hydrogen-bond donors (Lipinski definition) is 2. The Labute approximate surface area is 200 Å². The van der Waals surface area contributed by atoms with E-state index in [1.807, 2.05) is 52.7 Å². The molecule has 1 amide bonds. The Balaban J connectivity index is 1.38. The predicted octanol–water partition coefficient (Wildman–Crippen LogP) is 3.59. The van der Waals surface area contributed by atoms with E-state index >= 15 is 0 Å². The number of carbonyl (C=O) groups excluding carboxylic acids is 1. The van der Waals surface area contributed by atoms with Crippen molar-refractivity contribution in [3.05, 3.63) is 70.1 Å². The van der Waals surface area contributed by atoms with Crippen molar-refractivity contribution in [1.82, 2.24) is 20.3 Å². The molecule has 1 aromatic carbocycles. The number of thiophene rings is 1. The number of fused-ring (bicyclic) bond motifs is 1. The van der Waals surface area contributed by atoms with E-state index in [1.165, 1.54) is 11.3 Å². The van der Waals surface area contributed by atoms with Crippen molar-refractivity contribution in [3.63, 3.8) is 0 Å². The largest absolute Gasteiger partial charge is 0.497 e. The number of carbonyl (C=O) groups is 1.